The van der Waals surface area contributed by atoms with Crippen LogP contribution in [0.2, 0.25) is 0 Å². The van der Waals surface area contributed by atoms with Gasteiger partial charge in [-0.05, 0) is 80.2 Å². The Morgan fingerprint density at radius 1 is 0.812 bits per heavy atom. The first-order chi connectivity index (χ1) is 15.7. The third-order valence-electron chi connectivity index (χ3n) is 7.65. The summed E-state index contributed by atoms with van der Waals surface area (Å²) in [6, 6.07) is 6.78. The Morgan fingerprint density at radius 3 is 2.19 bits per heavy atom. The quantitative estimate of drug-likeness (QED) is 0.470. The zero-order valence-corrected chi connectivity index (χ0v) is 18.8. The van der Waals surface area contributed by atoms with Crippen molar-refractivity contribution in [3.8, 4) is 28.4 Å². The molecule has 172 valence electrons. The fourth-order valence-electron chi connectivity index (χ4n) is 5.87. The van der Waals surface area contributed by atoms with Crippen LogP contribution in [0, 0.1) is 29.4 Å². The van der Waals surface area contributed by atoms with Crippen molar-refractivity contribution in [1.29, 1.82) is 0 Å². The van der Waals surface area contributed by atoms with Gasteiger partial charge in [-0.25, -0.2) is 4.39 Å². The Balaban J connectivity index is 1.25. The minimum absolute atomic E-state index is 0.0235. The summed E-state index contributed by atoms with van der Waals surface area (Å²) < 4.78 is 46.8. The van der Waals surface area contributed by atoms with Crippen LogP contribution < -0.4 is 14.2 Å². The molecule has 3 aliphatic rings. The second-order valence-corrected chi connectivity index (χ2v) is 9.52. The molecule has 5 heteroatoms. The van der Waals surface area contributed by atoms with Gasteiger partial charge in [0.25, 0.3) is 0 Å². The number of rotatable bonds is 6. The van der Waals surface area contributed by atoms with Crippen LogP contribution in [-0.4, -0.2) is 13.2 Å². The standard InChI is InChI=1S/C27H32F2O3/c1-2-30-24-14-12-21-20-11-13-23(25(28)22(20)16-32-27(21)26(24)29)31-15-17-7-9-19(10-8-17)18-5-3-4-6-18/h11-14,17-19H,2-10,15-16H2,1H3. The van der Waals surface area contributed by atoms with Crippen LogP contribution in [-0.2, 0) is 6.61 Å². The summed E-state index contributed by atoms with van der Waals surface area (Å²) in [7, 11) is 0. The zero-order valence-electron chi connectivity index (χ0n) is 18.8. The van der Waals surface area contributed by atoms with Gasteiger partial charge >= 0.3 is 0 Å². The van der Waals surface area contributed by atoms with Gasteiger partial charge in [0.1, 0.15) is 6.61 Å². The second-order valence-electron chi connectivity index (χ2n) is 9.52. The summed E-state index contributed by atoms with van der Waals surface area (Å²) in [6.45, 7) is 2.69. The monoisotopic (exact) mass is 442 g/mol. The van der Waals surface area contributed by atoms with E-state index in [1.807, 2.05) is 6.07 Å². The molecule has 0 bridgehead atoms. The predicted octanol–water partition coefficient (Wildman–Crippen LogP) is 7.30. The Morgan fingerprint density at radius 2 is 1.47 bits per heavy atom. The van der Waals surface area contributed by atoms with E-state index in [9.17, 15) is 4.39 Å². The maximum absolute atomic E-state index is 15.2. The van der Waals surface area contributed by atoms with Crippen molar-refractivity contribution in [3.63, 3.8) is 0 Å². The smallest absolute Gasteiger partial charge is 0.207 e. The van der Waals surface area contributed by atoms with E-state index in [0.717, 1.165) is 11.8 Å². The molecule has 32 heavy (non-hydrogen) atoms. The average Bonchev–Trinajstić information content (AvgIpc) is 3.36. The first kappa shape index (κ1) is 21.5. The minimum Gasteiger partial charge on any atom is -0.491 e. The highest BCUT2D eigenvalue weighted by Crippen LogP contribution is 2.45. The summed E-state index contributed by atoms with van der Waals surface area (Å²) in [5.74, 6) is 1.91. The molecule has 0 N–H and O–H groups in total. The van der Waals surface area contributed by atoms with Crippen molar-refractivity contribution >= 4 is 0 Å². The van der Waals surface area contributed by atoms with Crippen molar-refractivity contribution < 1.29 is 23.0 Å². The molecule has 0 saturated heterocycles. The highest BCUT2D eigenvalue weighted by molar-refractivity contribution is 5.77. The molecule has 0 atom stereocenters. The number of hydrogen-bond donors (Lipinski definition) is 0. The number of ether oxygens (including phenoxy) is 3. The lowest BCUT2D eigenvalue weighted by molar-refractivity contribution is 0.152. The third-order valence-corrected chi connectivity index (χ3v) is 7.65. The van der Waals surface area contributed by atoms with Gasteiger partial charge in [0.05, 0.1) is 13.2 Å². The molecule has 0 radical (unpaired) electrons. The zero-order chi connectivity index (χ0) is 22.1. The van der Waals surface area contributed by atoms with Gasteiger partial charge < -0.3 is 14.2 Å². The maximum atomic E-state index is 15.2. The van der Waals surface area contributed by atoms with Crippen molar-refractivity contribution in [1.82, 2.24) is 0 Å². The number of fused-ring (bicyclic) bond motifs is 3. The highest BCUT2D eigenvalue weighted by Gasteiger charge is 2.30. The van der Waals surface area contributed by atoms with Gasteiger partial charge in [0, 0.05) is 11.1 Å². The van der Waals surface area contributed by atoms with Gasteiger partial charge in [-0.3, -0.25) is 0 Å². The molecule has 1 heterocycles. The van der Waals surface area contributed by atoms with E-state index >= 15 is 4.39 Å². The number of hydrogen-bond acceptors (Lipinski definition) is 3. The summed E-state index contributed by atoms with van der Waals surface area (Å²) in [5.41, 5.74) is 1.61. The van der Waals surface area contributed by atoms with Crippen LogP contribution in [0.15, 0.2) is 24.3 Å². The summed E-state index contributed by atoms with van der Waals surface area (Å²) in [6.07, 6.45) is 10.5. The first-order valence-corrected chi connectivity index (χ1v) is 12.2. The molecule has 2 saturated carbocycles. The second kappa shape index (κ2) is 9.29. The maximum Gasteiger partial charge on any atom is 0.207 e. The summed E-state index contributed by atoms with van der Waals surface area (Å²) in [4.78, 5) is 0. The van der Waals surface area contributed by atoms with E-state index in [1.54, 1.807) is 25.1 Å². The molecule has 2 aliphatic carbocycles. The lowest BCUT2D eigenvalue weighted by Crippen LogP contribution is -2.24. The molecule has 2 fully saturated rings. The Kier molecular flexibility index (Phi) is 6.25. The van der Waals surface area contributed by atoms with Crippen LogP contribution in [0.25, 0.3) is 11.1 Å². The molecule has 0 amide bonds. The lowest BCUT2D eigenvalue weighted by atomic mass is 9.75. The lowest BCUT2D eigenvalue weighted by Gasteiger charge is -2.32. The molecule has 3 nitrogen and oxygen atoms in total. The van der Waals surface area contributed by atoms with Crippen LogP contribution >= 0.6 is 0 Å². The van der Waals surface area contributed by atoms with E-state index in [4.69, 9.17) is 14.2 Å². The van der Waals surface area contributed by atoms with E-state index in [1.165, 1.54) is 51.4 Å². The van der Waals surface area contributed by atoms with Gasteiger partial charge in [-0.1, -0.05) is 25.7 Å². The first-order valence-electron chi connectivity index (χ1n) is 12.2. The topological polar surface area (TPSA) is 27.7 Å². The normalized spacial score (nSPS) is 22.7. The fraction of sp³-hybridized carbons (Fsp3) is 0.556. The van der Waals surface area contributed by atoms with Crippen molar-refractivity contribution in [2.45, 2.75) is 64.9 Å². The molecule has 0 spiro atoms. The van der Waals surface area contributed by atoms with Crippen LogP contribution in [0.5, 0.6) is 17.2 Å². The highest BCUT2D eigenvalue weighted by atomic mass is 19.1. The molecule has 0 aromatic heterocycles. The van der Waals surface area contributed by atoms with Crippen LogP contribution in [0.4, 0.5) is 8.78 Å². The van der Waals surface area contributed by atoms with E-state index in [2.05, 4.69) is 0 Å². The van der Waals surface area contributed by atoms with E-state index in [-0.39, 0.29) is 23.9 Å². The Labute approximate surface area is 189 Å². The molecular formula is C27H32F2O3. The van der Waals surface area contributed by atoms with Crippen LogP contribution in [0.1, 0.15) is 63.9 Å². The van der Waals surface area contributed by atoms with Gasteiger partial charge in [0.2, 0.25) is 5.82 Å². The molecule has 2 aromatic rings. The average molecular weight is 443 g/mol. The van der Waals surface area contributed by atoms with Crippen molar-refractivity contribution in [2.75, 3.05) is 13.2 Å². The van der Waals surface area contributed by atoms with E-state index in [0.29, 0.717) is 35.8 Å². The van der Waals surface area contributed by atoms with Gasteiger partial charge in [-0.15, -0.1) is 0 Å². The minimum atomic E-state index is -0.538. The number of halogens is 2. The van der Waals surface area contributed by atoms with E-state index < -0.39 is 11.6 Å². The third kappa shape index (κ3) is 4.06. The number of benzene rings is 2. The van der Waals surface area contributed by atoms with Crippen molar-refractivity contribution in [2.24, 2.45) is 17.8 Å². The SMILES string of the molecule is CCOc1ccc2c(c1F)OCc1c-2ccc(OCC2CCC(C3CCCC3)CC2)c1F. The van der Waals surface area contributed by atoms with Gasteiger partial charge in [0.15, 0.2) is 23.1 Å². The molecule has 2 aromatic carbocycles. The summed E-state index contributed by atoms with van der Waals surface area (Å²) in [5, 5.41) is 0. The largest absolute Gasteiger partial charge is 0.491 e. The fourth-order valence-corrected chi connectivity index (χ4v) is 5.87. The molecular weight excluding hydrogens is 410 g/mol. The van der Waals surface area contributed by atoms with Crippen molar-refractivity contribution in [3.05, 3.63) is 41.5 Å². The molecule has 1 aliphatic heterocycles. The van der Waals surface area contributed by atoms with Gasteiger partial charge in [-0.2, -0.15) is 4.39 Å². The predicted molar refractivity (Wildman–Crippen MR) is 120 cm³/mol. The Hall–Kier alpha value is -2.30. The summed E-state index contributed by atoms with van der Waals surface area (Å²) >= 11 is 0. The van der Waals surface area contributed by atoms with Crippen LogP contribution in [0.3, 0.4) is 0 Å². The molecule has 0 unspecified atom stereocenters. The Bertz CT molecular complexity index is 960. The molecule has 5 rings (SSSR count).